The Bertz CT molecular complexity index is 405. The number of hydrogen-bond donors (Lipinski definition) is 0. The Hall–Kier alpha value is -0.840. The van der Waals surface area contributed by atoms with Crippen LogP contribution in [-0.4, -0.2) is 49.7 Å². The van der Waals surface area contributed by atoms with Gasteiger partial charge in [-0.1, -0.05) is 48.6 Å². The average Bonchev–Trinajstić information content (AvgIpc) is 2.37. The minimum atomic E-state index is -1.85. The fourth-order valence-electron chi connectivity index (χ4n) is 2.32. The SMILES string of the molecule is CC=CC(C=CC)(C(=O)[O-])C(C=CC)(C=CC)C(=O)[O-].[Ca+2]. The molecule has 0 bridgehead atoms. The summed E-state index contributed by atoms with van der Waals surface area (Å²) in [6.07, 6.45) is 11.2. The van der Waals surface area contributed by atoms with E-state index in [1.165, 1.54) is 48.6 Å². The van der Waals surface area contributed by atoms with Gasteiger partial charge in [0, 0.05) is 0 Å². The molecule has 0 atom stereocenters. The van der Waals surface area contributed by atoms with Crippen molar-refractivity contribution in [2.75, 3.05) is 0 Å². The Balaban J connectivity index is 0. The molecule has 0 saturated carbocycles. The third-order valence-electron chi connectivity index (χ3n) is 3.08. The molecule has 0 heterocycles. The first-order valence-corrected chi connectivity index (χ1v) is 6.36. The third-order valence-corrected chi connectivity index (χ3v) is 3.08. The van der Waals surface area contributed by atoms with Gasteiger partial charge in [0.05, 0.1) is 22.8 Å². The minimum Gasteiger partial charge on any atom is -0.549 e. The van der Waals surface area contributed by atoms with Crippen LogP contribution >= 0.6 is 0 Å². The summed E-state index contributed by atoms with van der Waals surface area (Å²) in [5, 5.41) is 23.5. The van der Waals surface area contributed by atoms with Crippen LogP contribution in [0.4, 0.5) is 0 Å². The Labute approximate surface area is 155 Å². The maximum absolute atomic E-state index is 11.7. The van der Waals surface area contributed by atoms with Crippen LogP contribution in [-0.2, 0) is 9.59 Å². The number of aliphatic carboxylic acids is 2. The van der Waals surface area contributed by atoms with E-state index in [9.17, 15) is 19.8 Å². The van der Waals surface area contributed by atoms with Gasteiger partial charge in [-0.2, -0.15) is 0 Å². The number of carboxylic acids is 2. The second-order valence-electron chi connectivity index (χ2n) is 4.31. The molecule has 0 aromatic heterocycles. The maximum Gasteiger partial charge on any atom is 2.00 e. The quantitative estimate of drug-likeness (QED) is 0.502. The molecule has 5 heteroatoms. The molecule has 0 saturated heterocycles. The molecule has 0 unspecified atom stereocenters. The van der Waals surface area contributed by atoms with Gasteiger partial charge in [-0.05, 0) is 27.7 Å². The van der Waals surface area contributed by atoms with E-state index < -0.39 is 22.8 Å². The van der Waals surface area contributed by atoms with Gasteiger partial charge in [0.1, 0.15) is 0 Å². The van der Waals surface area contributed by atoms with Gasteiger partial charge in [-0.15, -0.1) is 0 Å². The minimum absolute atomic E-state index is 0. The van der Waals surface area contributed by atoms with Crippen LogP contribution in [0.1, 0.15) is 27.7 Å². The number of carboxylic acid groups (broad SMARTS) is 2. The zero-order valence-corrected chi connectivity index (χ0v) is 15.2. The number of hydrogen-bond acceptors (Lipinski definition) is 4. The van der Waals surface area contributed by atoms with Crippen LogP contribution in [0.2, 0.25) is 0 Å². The maximum atomic E-state index is 11.7. The first-order chi connectivity index (χ1) is 9.38. The Morgan fingerprint density at radius 1 is 0.667 bits per heavy atom. The molecule has 0 fully saturated rings. The van der Waals surface area contributed by atoms with E-state index in [2.05, 4.69) is 0 Å². The Kier molecular flexibility index (Phi) is 10.7. The van der Waals surface area contributed by atoms with Crippen LogP contribution in [0.25, 0.3) is 0 Å². The number of allylic oxidation sites excluding steroid dienone is 4. The summed E-state index contributed by atoms with van der Waals surface area (Å²) < 4.78 is 0. The topological polar surface area (TPSA) is 80.3 Å². The molecule has 21 heavy (non-hydrogen) atoms. The van der Waals surface area contributed by atoms with E-state index in [0.29, 0.717) is 0 Å². The Morgan fingerprint density at radius 2 is 0.857 bits per heavy atom. The number of carbonyl (C=O) groups is 2. The van der Waals surface area contributed by atoms with Crippen molar-refractivity contribution >= 4 is 49.7 Å². The van der Waals surface area contributed by atoms with Crippen LogP contribution < -0.4 is 10.2 Å². The van der Waals surface area contributed by atoms with Crippen molar-refractivity contribution < 1.29 is 19.8 Å². The molecule has 0 spiro atoms. The first kappa shape index (κ1) is 22.4. The average molecular weight is 316 g/mol. The fourth-order valence-corrected chi connectivity index (χ4v) is 2.32. The molecule has 110 valence electrons. The van der Waals surface area contributed by atoms with E-state index in [4.69, 9.17) is 0 Å². The second kappa shape index (κ2) is 9.98. The largest absolute Gasteiger partial charge is 2.00 e. The van der Waals surface area contributed by atoms with E-state index >= 15 is 0 Å². The first-order valence-electron chi connectivity index (χ1n) is 6.36. The summed E-state index contributed by atoms with van der Waals surface area (Å²) in [4.78, 5) is 23.5. The molecule has 4 nitrogen and oxygen atoms in total. The molecule has 0 aliphatic carbocycles. The zero-order valence-electron chi connectivity index (χ0n) is 13.0. The summed E-state index contributed by atoms with van der Waals surface area (Å²) in [6.45, 7) is 6.47. The van der Waals surface area contributed by atoms with Crippen LogP contribution in [0.3, 0.4) is 0 Å². The van der Waals surface area contributed by atoms with E-state index in [0.717, 1.165) is 0 Å². The molecule has 0 rings (SSSR count). The van der Waals surface area contributed by atoms with Gasteiger partial charge < -0.3 is 19.8 Å². The zero-order chi connectivity index (χ0) is 15.8. The summed E-state index contributed by atoms with van der Waals surface area (Å²) in [7, 11) is 0. The normalized spacial score (nSPS) is 17.9. The summed E-state index contributed by atoms with van der Waals surface area (Å²) in [6, 6.07) is 0. The molecule has 0 aliphatic rings. The van der Waals surface area contributed by atoms with Crippen LogP contribution in [0.15, 0.2) is 48.6 Å². The summed E-state index contributed by atoms with van der Waals surface area (Å²) in [5.74, 6) is -3.01. The molecule has 0 N–H and O–H groups in total. The van der Waals surface area contributed by atoms with E-state index in [-0.39, 0.29) is 37.7 Å². The van der Waals surface area contributed by atoms with Crippen LogP contribution in [0.5, 0.6) is 0 Å². The summed E-state index contributed by atoms with van der Waals surface area (Å²) >= 11 is 0. The third kappa shape index (κ3) is 4.31. The van der Waals surface area contributed by atoms with Gasteiger partial charge in [0.25, 0.3) is 0 Å². The van der Waals surface area contributed by atoms with Gasteiger partial charge in [0.2, 0.25) is 0 Å². The van der Waals surface area contributed by atoms with Crippen molar-refractivity contribution in [3.05, 3.63) is 48.6 Å². The van der Waals surface area contributed by atoms with Gasteiger partial charge in [-0.3, -0.25) is 0 Å². The van der Waals surface area contributed by atoms with Crippen molar-refractivity contribution in [1.29, 1.82) is 0 Å². The summed E-state index contributed by atoms with van der Waals surface area (Å²) in [5.41, 5.74) is -3.71. The molecule has 0 aromatic rings. The second-order valence-corrected chi connectivity index (χ2v) is 4.31. The van der Waals surface area contributed by atoms with Gasteiger partial charge >= 0.3 is 37.7 Å². The fraction of sp³-hybridized carbons (Fsp3) is 0.375. The van der Waals surface area contributed by atoms with Crippen molar-refractivity contribution in [3.63, 3.8) is 0 Å². The predicted octanol–water partition coefficient (Wildman–Crippen LogP) is 0.383. The van der Waals surface area contributed by atoms with Gasteiger partial charge in [0.15, 0.2) is 0 Å². The Morgan fingerprint density at radius 3 is 0.952 bits per heavy atom. The molecular formula is C16H20CaO4. The van der Waals surface area contributed by atoms with Crippen molar-refractivity contribution in [2.24, 2.45) is 10.8 Å². The smallest absolute Gasteiger partial charge is 0.549 e. The number of carbonyl (C=O) groups excluding carboxylic acids is 2. The van der Waals surface area contributed by atoms with Gasteiger partial charge in [-0.25, -0.2) is 0 Å². The van der Waals surface area contributed by atoms with E-state index in [1.54, 1.807) is 27.7 Å². The van der Waals surface area contributed by atoms with E-state index in [1.807, 2.05) is 0 Å². The van der Waals surface area contributed by atoms with Crippen LogP contribution in [0, 0.1) is 10.8 Å². The monoisotopic (exact) mass is 316 g/mol. The standard InChI is InChI=1S/C16H22O4.Ca/c1-5-9-15(10-6-2,13(17)18)16(11-7-3,12-8-4)14(19)20;/h5-12H,1-4H3,(H,17,18)(H,19,20);/q;+2/p-2. The number of rotatable bonds is 7. The molecule has 0 amide bonds. The molecular weight excluding hydrogens is 296 g/mol. The predicted molar refractivity (Wildman–Crippen MR) is 79.9 cm³/mol. The van der Waals surface area contributed by atoms with Crippen molar-refractivity contribution in [1.82, 2.24) is 0 Å². The molecule has 0 radical (unpaired) electrons. The van der Waals surface area contributed by atoms with Crippen molar-refractivity contribution in [3.8, 4) is 0 Å². The molecule has 0 aromatic carbocycles. The van der Waals surface area contributed by atoms with Crippen molar-refractivity contribution in [2.45, 2.75) is 27.7 Å². The molecule has 0 aliphatic heterocycles.